The number of para-hydroxylation sites is 1. The highest BCUT2D eigenvalue weighted by Gasteiger charge is 2.12. The number of nitrogens with one attached hydrogen (secondary N) is 1. The zero-order chi connectivity index (χ0) is 20.2. The lowest BCUT2D eigenvalue weighted by Crippen LogP contribution is -2.11. The molecule has 1 aromatic heterocycles. The van der Waals surface area contributed by atoms with E-state index in [4.69, 9.17) is 9.47 Å². The van der Waals surface area contributed by atoms with Gasteiger partial charge in [0.15, 0.2) is 5.13 Å². The van der Waals surface area contributed by atoms with Gasteiger partial charge in [-0.15, -0.1) is 0 Å². The Labute approximate surface area is 170 Å². The number of methoxy groups -OCH3 is 1. The molecule has 0 bridgehead atoms. The molecule has 0 unspecified atom stereocenters. The second kappa shape index (κ2) is 8.12. The van der Waals surface area contributed by atoms with Crippen LogP contribution in [0.2, 0.25) is 0 Å². The minimum Gasteiger partial charge on any atom is -0.465 e. The van der Waals surface area contributed by atoms with Gasteiger partial charge in [0.2, 0.25) is 0 Å². The number of aromatic nitrogens is 1. The summed E-state index contributed by atoms with van der Waals surface area (Å²) in [6.45, 7) is 0. The lowest BCUT2D eigenvalue weighted by atomic mass is 10.2. The third kappa shape index (κ3) is 4.25. The molecule has 4 aromatic rings. The van der Waals surface area contributed by atoms with E-state index in [1.54, 1.807) is 42.5 Å². The summed E-state index contributed by atoms with van der Waals surface area (Å²) in [5, 5.41) is 3.25. The van der Waals surface area contributed by atoms with Gasteiger partial charge in [0, 0.05) is 5.56 Å². The van der Waals surface area contributed by atoms with Gasteiger partial charge in [0.1, 0.15) is 11.5 Å². The van der Waals surface area contributed by atoms with Gasteiger partial charge in [-0.1, -0.05) is 29.5 Å². The van der Waals surface area contributed by atoms with Crippen LogP contribution in [0.25, 0.3) is 10.2 Å². The first-order valence-corrected chi connectivity index (χ1v) is 9.57. The number of fused-ring (bicyclic) bond motifs is 1. The highest BCUT2D eigenvalue weighted by molar-refractivity contribution is 7.22. The number of ether oxygens (including phenoxy) is 2. The van der Waals surface area contributed by atoms with Crippen LogP contribution in [-0.2, 0) is 4.74 Å². The number of rotatable bonds is 5. The van der Waals surface area contributed by atoms with E-state index in [1.807, 2.05) is 30.3 Å². The van der Waals surface area contributed by atoms with Crippen molar-refractivity contribution < 1.29 is 19.1 Å². The summed E-state index contributed by atoms with van der Waals surface area (Å²) in [6, 6.07) is 21.3. The number of thiazole rings is 1. The Morgan fingerprint density at radius 1 is 0.897 bits per heavy atom. The van der Waals surface area contributed by atoms with Crippen molar-refractivity contribution in [3.05, 3.63) is 83.9 Å². The van der Waals surface area contributed by atoms with Gasteiger partial charge < -0.3 is 9.47 Å². The van der Waals surface area contributed by atoms with Crippen molar-refractivity contribution >= 4 is 38.6 Å². The van der Waals surface area contributed by atoms with E-state index in [1.165, 1.54) is 18.4 Å². The Bertz CT molecular complexity index is 1170. The average molecular weight is 404 g/mol. The number of hydrogen-bond donors (Lipinski definition) is 1. The van der Waals surface area contributed by atoms with E-state index < -0.39 is 5.97 Å². The quantitative estimate of drug-likeness (QED) is 0.467. The number of hydrogen-bond acceptors (Lipinski definition) is 6. The second-order valence-corrected chi connectivity index (χ2v) is 7.12. The molecule has 7 heteroatoms. The molecule has 29 heavy (non-hydrogen) atoms. The van der Waals surface area contributed by atoms with Gasteiger partial charge in [-0.3, -0.25) is 10.1 Å². The van der Waals surface area contributed by atoms with Crippen molar-refractivity contribution in [2.75, 3.05) is 12.4 Å². The zero-order valence-corrected chi connectivity index (χ0v) is 16.2. The first kappa shape index (κ1) is 18.6. The molecule has 1 amide bonds. The summed E-state index contributed by atoms with van der Waals surface area (Å²) in [4.78, 5) is 28.6. The lowest BCUT2D eigenvalue weighted by Gasteiger charge is -2.06. The molecule has 0 aliphatic rings. The predicted molar refractivity (Wildman–Crippen MR) is 112 cm³/mol. The third-order valence-corrected chi connectivity index (χ3v) is 5.06. The summed E-state index contributed by atoms with van der Waals surface area (Å²) < 4.78 is 11.2. The molecule has 144 valence electrons. The molecule has 0 radical (unpaired) electrons. The number of carbonyl (C=O) groups is 2. The van der Waals surface area contributed by atoms with Crippen LogP contribution in [0.1, 0.15) is 20.7 Å². The fourth-order valence-corrected chi connectivity index (χ4v) is 3.59. The number of esters is 1. The van der Waals surface area contributed by atoms with Gasteiger partial charge in [-0.2, -0.15) is 0 Å². The molecule has 0 aliphatic heterocycles. The van der Waals surface area contributed by atoms with E-state index in [2.05, 4.69) is 10.3 Å². The SMILES string of the molecule is COC(=O)c1ccc2nc(NC(=O)c3ccc(Oc4ccccc4)cc3)sc2c1. The molecule has 0 atom stereocenters. The fraction of sp³-hybridized carbons (Fsp3) is 0.0455. The van der Waals surface area contributed by atoms with E-state index in [0.717, 1.165) is 10.4 Å². The summed E-state index contributed by atoms with van der Waals surface area (Å²) in [7, 11) is 1.33. The van der Waals surface area contributed by atoms with Crippen LogP contribution in [-0.4, -0.2) is 24.0 Å². The molecule has 4 rings (SSSR count). The largest absolute Gasteiger partial charge is 0.465 e. The minimum absolute atomic E-state index is 0.275. The number of anilines is 1. The topological polar surface area (TPSA) is 77.5 Å². The summed E-state index contributed by atoms with van der Waals surface area (Å²) in [5.74, 6) is 0.681. The summed E-state index contributed by atoms with van der Waals surface area (Å²) in [5.41, 5.74) is 1.63. The Kier molecular flexibility index (Phi) is 5.22. The highest BCUT2D eigenvalue weighted by atomic mass is 32.1. The Morgan fingerprint density at radius 3 is 2.31 bits per heavy atom. The highest BCUT2D eigenvalue weighted by Crippen LogP contribution is 2.28. The van der Waals surface area contributed by atoms with Crippen molar-refractivity contribution in [2.24, 2.45) is 0 Å². The number of amides is 1. The number of carbonyl (C=O) groups excluding carboxylic acids is 2. The summed E-state index contributed by atoms with van der Waals surface area (Å²) >= 11 is 1.29. The zero-order valence-electron chi connectivity index (χ0n) is 15.4. The van der Waals surface area contributed by atoms with Crippen molar-refractivity contribution in [3.63, 3.8) is 0 Å². The first-order valence-electron chi connectivity index (χ1n) is 8.75. The van der Waals surface area contributed by atoms with Gasteiger partial charge >= 0.3 is 5.97 Å². The fourth-order valence-electron chi connectivity index (χ4n) is 2.69. The standard InChI is InChI=1S/C22H16N2O4S/c1-27-21(26)15-9-12-18-19(13-15)29-22(23-18)24-20(25)14-7-10-17(11-8-14)28-16-5-3-2-4-6-16/h2-13H,1H3,(H,23,24,25). The normalized spacial score (nSPS) is 10.5. The predicted octanol–water partition coefficient (Wildman–Crippen LogP) is 5.13. The van der Waals surface area contributed by atoms with Crippen molar-refractivity contribution in [1.29, 1.82) is 0 Å². The van der Waals surface area contributed by atoms with Crippen LogP contribution in [0.3, 0.4) is 0 Å². The maximum Gasteiger partial charge on any atom is 0.337 e. The molecule has 6 nitrogen and oxygen atoms in total. The van der Waals surface area contributed by atoms with Gasteiger partial charge in [0.05, 0.1) is 22.9 Å². The van der Waals surface area contributed by atoms with E-state index >= 15 is 0 Å². The van der Waals surface area contributed by atoms with Gasteiger partial charge in [-0.05, 0) is 54.6 Å². The summed E-state index contributed by atoms with van der Waals surface area (Å²) in [6.07, 6.45) is 0. The Hall–Kier alpha value is -3.71. The van der Waals surface area contributed by atoms with Crippen LogP contribution in [0.15, 0.2) is 72.8 Å². The van der Waals surface area contributed by atoms with Crippen LogP contribution in [0.4, 0.5) is 5.13 Å². The monoisotopic (exact) mass is 404 g/mol. The maximum absolute atomic E-state index is 12.5. The van der Waals surface area contributed by atoms with Gasteiger partial charge in [-0.25, -0.2) is 9.78 Å². The number of nitrogens with zero attached hydrogens (tertiary/aromatic N) is 1. The maximum atomic E-state index is 12.5. The minimum atomic E-state index is -0.413. The Balaban J connectivity index is 1.46. The molecule has 0 saturated carbocycles. The van der Waals surface area contributed by atoms with E-state index in [9.17, 15) is 9.59 Å². The lowest BCUT2D eigenvalue weighted by molar-refractivity contribution is 0.0601. The smallest absolute Gasteiger partial charge is 0.337 e. The van der Waals surface area contributed by atoms with Gasteiger partial charge in [0.25, 0.3) is 5.91 Å². The van der Waals surface area contributed by atoms with Crippen LogP contribution >= 0.6 is 11.3 Å². The van der Waals surface area contributed by atoms with E-state index in [-0.39, 0.29) is 5.91 Å². The third-order valence-electron chi connectivity index (χ3n) is 4.13. The average Bonchev–Trinajstić information content (AvgIpc) is 3.15. The second-order valence-electron chi connectivity index (χ2n) is 6.09. The van der Waals surface area contributed by atoms with Crippen LogP contribution < -0.4 is 10.1 Å². The van der Waals surface area contributed by atoms with Crippen molar-refractivity contribution in [2.45, 2.75) is 0 Å². The van der Waals surface area contributed by atoms with Crippen LogP contribution in [0.5, 0.6) is 11.5 Å². The molecule has 0 fully saturated rings. The molecule has 1 heterocycles. The van der Waals surface area contributed by atoms with Crippen molar-refractivity contribution in [3.8, 4) is 11.5 Å². The molecule has 0 spiro atoms. The molecular formula is C22H16N2O4S. The Morgan fingerprint density at radius 2 is 1.59 bits per heavy atom. The van der Waals surface area contributed by atoms with Crippen molar-refractivity contribution in [1.82, 2.24) is 4.98 Å². The van der Waals surface area contributed by atoms with E-state index in [0.29, 0.717) is 27.5 Å². The van der Waals surface area contributed by atoms with Crippen LogP contribution in [0, 0.1) is 0 Å². The number of benzene rings is 3. The first-order chi connectivity index (χ1) is 14.1. The molecule has 0 aliphatic carbocycles. The molecular weight excluding hydrogens is 388 g/mol. The molecule has 3 aromatic carbocycles. The molecule has 1 N–H and O–H groups in total. The molecule has 0 saturated heterocycles.